The molecule has 120 valence electrons. The Bertz CT molecular complexity index is 610. The van der Waals surface area contributed by atoms with Gasteiger partial charge in [0.2, 0.25) is 0 Å². The summed E-state index contributed by atoms with van der Waals surface area (Å²) in [5.74, 6) is -1.25. The van der Waals surface area contributed by atoms with Gasteiger partial charge in [-0.2, -0.15) is 0 Å². The Labute approximate surface area is 129 Å². The van der Waals surface area contributed by atoms with Gasteiger partial charge in [0.15, 0.2) is 11.5 Å². The fourth-order valence-electron chi connectivity index (χ4n) is 1.84. The van der Waals surface area contributed by atoms with Crippen molar-refractivity contribution >= 4 is 17.9 Å². The molecule has 0 saturated carbocycles. The first kappa shape index (κ1) is 17.7. The highest BCUT2D eigenvalue weighted by Gasteiger charge is 2.25. The van der Waals surface area contributed by atoms with Crippen LogP contribution in [0.25, 0.3) is 0 Å². The molecule has 6 heteroatoms. The zero-order chi connectivity index (χ0) is 17.1. The van der Waals surface area contributed by atoms with Gasteiger partial charge in [0.1, 0.15) is 5.75 Å². The molecular weight excluding hydrogens is 288 g/mol. The van der Waals surface area contributed by atoms with Crippen LogP contribution < -0.4 is 14.2 Å². The van der Waals surface area contributed by atoms with Crippen LogP contribution >= 0.6 is 0 Å². The van der Waals surface area contributed by atoms with Crippen LogP contribution in [-0.4, -0.2) is 17.9 Å². The molecule has 6 nitrogen and oxygen atoms in total. The normalized spacial score (nSPS) is 10.8. The summed E-state index contributed by atoms with van der Waals surface area (Å²) in [5.41, 5.74) is 0.267. The maximum atomic E-state index is 11.3. The summed E-state index contributed by atoms with van der Waals surface area (Å²) < 4.78 is 15.3. The monoisotopic (exact) mass is 308 g/mol. The van der Waals surface area contributed by atoms with Gasteiger partial charge in [-0.1, -0.05) is 20.8 Å². The summed E-state index contributed by atoms with van der Waals surface area (Å²) in [6.07, 6.45) is 0. The molecule has 0 bridgehead atoms. The van der Waals surface area contributed by atoms with E-state index in [1.54, 1.807) is 0 Å². The summed E-state index contributed by atoms with van der Waals surface area (Å²) in [6, 6.07) is 2.92. The molecule has 0 aliphatic carbocycles. The van der Waals surface area contributed by atoms with Gasteiger partial charge >= 0.3 is 17.9 Å². The first-order chi connectivity index (χ1) is 10.0. The molecule has 1 aromatic carbocycles. The minimum absolute atomic E-state index is 0.0203. The zero-order valence-corrected chi connectivity index (χ0v) is 13.6. The number of carbonyl (C=O) groups is 3. The maximum absolute atomic E-state index is 11.3. The van der Waals surface area contributed by atoms with E-state index in [4.69, 9.17) is 14.2 Å². The minimum Gasteiger partial charge on any atom is -0.426 e. The van der Waals surface area contributed by atoms with Crippen LogP contribution in [0.4, 0.5) is 0 Å². The largest absolute Gasteiger partial charge is 0.426 e. The number of hydrogen-bond donors (Lipinski definition) is 0. The molecule has 0 spiro atoms. The number of carbonyl (C=O) groups excluding carboxylic acids is 3. The SMILES string of the molecule is CC(=O)Oc1cc(OC(C)=O)c(C(C)(C)C)cc1OC(C)=O. The molecule has 0 saturated heterocycles. The molecule has 0 amide bonds. The second kappa shape index (κ2) is 6.60. The third kappa shape index (κ3) is 4.87. The fraction of sp³-hybridized carbons (Fsp3) is 0.438. The fourth-order valence-corrected chi connectivity index (χ4v) is 1.84. The topological polar surface area (TPSA) is 78.9 Å². The third-order valence-electron chi connectivity index (χ3n) is 2.61. The number of esters is 3. The molecule has 0 N–H and O–H groups in total. The molecule has 0 fully saturated rings. The van der Waals surface area contributed by atoms with E-state index in [0.29, 0.717) is 5.56 Å². The highest BCUT2D eigenvalue weighted by molar-refractivity contribution is 5.76. The molecule has 0 heterocycles. The number of benzene rings is 1. The van der Waals surface area contributed by atoms with Crippen molar-refractivity contribution < 1.29 is 28.6 Å². The van der Waals surface area contributed by atoms with Crippen LogP contribution in [0.15, 0.2) is 12.1 Å². The average molecular weight is 308 g/mol. The summed E-state index contributed by atoms with van der Waals surface area (Å²) in [6.45, 7) is 9.49. The predicted molar refractivity (Wildman–Crippen MR) is 79.1 cm³/mol. The van der Waals surface area contributed by atoms with Crippen LogP contribution in [0.5, 0.6) is 17.2 Å². The van der Waals surface area contributed by atoms with Gasteiger partial charge in [0.05, 0.1) is 0 Å². The smallest absolute Gasteiger partial charge is 0.308 e. The van der Waals surface area contributed by atoms with Gasteiger partial charge in [0.25, 0.3) is 0 Å². The Kier molecular flexibility index (Phi) is 5.30. The summed E-state index contributed by atoms with van der Waals surface area (Å²) in [5, 5.41) is 0. The number of ether oxygens (including phenoxy) is 3. The summed E-state index contributed by atoms with van der Waals surface area (Å²) in [7, 11) is 0. The van der Waals surface area contributed by atoms with Crippen molar-refractivity contribution in [1.82, 2.24) is 0 Å². The quantitative estimate of drug-likeness (QED) is 0.631. The first-order valence-electron chi connectivity index (χ1n) is 6.74. The van der Waals surface area contributed by atoms with Crippen LogP contribution in [0, 0.1) is 0 Å². The molecule has 0 atom stereocenters. The standard InChI is InChI=1S/C16H20O6/c1-9(17)20-13-8-15(22-11(3)19)14(21-10(2)18)7-12(13)16(4,5)6/h7-8H,1-6H3. The Morgan fingerprint density at radius 2 is 1.09 bits per heavy atom. The van der Waals surface area contributed by atoms with Crippen molar-refractivity contribution in [2.24, 2.45) is 0 Å². The van der Waals surface area contributed by atoms with Crippen molar-refractivity contribution in [3.05, 3.63) is 17.7 Å². The molecule has 0 aliphatic heterocycles. The molecule has 1 rings (SSSR count). The van der Waals surface area contributed by atoms with E-state index in [0.717, 1.165) is 0 Å². The van der Waals surface area contributed by atoms with E-state index in [1.807, 2.05) is 20.8 Å². The van der Waals surface area contributed by atoms with Crippen molar-refractivity contribution in [3.8, 4) is 17.2 Å². The Balaban J connectivity index is 3.51. The highest BCUT2D eigenvalue weighted by Crippen LogP contribution is 2.40. The lowest BCUT2D eigenvalue weighted by molar-refractivity contribution is -0.134. The lowest BCUT2D eigenvalue weighted by Crippen LogP contribution is -2.17. The summed E-state index contributed by atoms with van der Waals surface area (Å²) >= 11 is 0. The molecule has 0 aromatic heterocycles. The zero-order valence-electron chi connectivity index (χ0n) is 13.6. The Morgan fingerprint density at radius 1 is 0.727 bits per heavy atom. The van der Waals surface area contributed by atoms with E-state index in [2.05, 4.69) is 0 Å². The average Bonchev–Trinajstić information content (AvgIpc) is 2.28. The van der Waals surface area contributed by atoms with E-state index >= 15 is 0 Å². The van der Waals surface area contributed by atoms with Crippen LogP contribution in [0.1, 0.15) is 47.1 Å². The van der Waals surface area contributed by atoms with Crippen LogP contribution in [0.3, 0.4) is 0 Å². The third-order valence-corrected chi connectivity index (χ3v) is 2.61. The molecule has 1 aromatic rings. The lowest BCUT2D eigenvalue weighted by atomic mass is 9.86. The van der Waals surface area contributed by atoms with E-state index in [-0.39, 0.29) is 22.7 Å². The van der Waals surface area contributed by atoms with Gasteiger partial charge in [-0.25, -0.2) is 0 Å². The number of rotatable bonds is 3. The lowest BCUT2D eigenvalue weighted by Gasteiger charge is -2.23. The van der Waals surface area contributed by atoms with Crippen molar-refractivity contribution in [3.63, 3.8) is 0 Å². The predicted octanol–water partition coefficient (Wildman–Crippen LogP) is 2.76. The molecule has 0 aliphatic rings. The van der Waals surface area contributed by atoms with Crippen molar-refractivity contribution in [2.45, 2.75) is 47.0 Å². The Morgan fingerprint density at radius 3 is 1.45 bits per heavy atom. The molecular formula is C16H20O6. The van der Waals surface area contributed by atoms with E-state index in [9.17, 15) is 14.4 Å². The second-order valence-electron chi connectivity index (χ2n) is 5.83. The number of hydrogen-bond acceptors (Lipinski definition) is 6. The highest BCUT2D eigenvalue weighted by atomic mass is 16.6. The maximum Gasteiger partial charge on any atom is 0.308 e. The van der Waals surface area contributed by atoms with Crippen molar-refractivity contribution in [1.29, 1.82) is 0 Å². The van der Waals surface area contributed by atoms with Crippen LogP contribution in [0.2, 0.25) is 0 Å². The van der Waals surface area contributed by atoms with Crippen molar-refractivity contribution in [2.75, 3.05) is 0 Å². The van der Waals surface area contributed by atoms with Gasteiger partial charge in [0, 0.05) is 32.4 Å². The Hall–Kier alpha value is -2.37. The molecule has 0 unspecified atom stereocenters. The first-order valence-corrected chi connectivity index (χ1v) is 6.74. The minimum atomic E-state index is -0.578. The van der Waals surface area contributed by atoms with Gasteiger partial charge in [-0.05, 0) is 11.5 Å². The van der Waals surface area contributed by atoms with E-state index < -0.39 is 17.9 Å². The van der Waals surface area contributed by atoms with Gasteiger partial charge in [-0.3, -0.25) is 14.4 Å². The van der Waals surface area contributed by atoms with E-state index in [1.165, 1.54) is 32.9 Å². The molecule has 0 radical (unpaired) electrons. The van der Waals surface area contributed by atoms with Crippen LogP contribution in [-0.2, 0) is 19.8 Å². The summed E-state index contributed by atoms with van der Waals surface area (Å²) in [4.78, 5) is 33.7. The van der Waals surface area contributed by atoms with Gasteiger partial charge < -0.3 is 14.2 Å². The second-order valence-corrected chi connectivity index (χ2v) is 5.83. The molecule has 22 heavy (non-hydrogen) atoms. The van der Waals surface area contributed by atoms with Gasteiger partial charge in [-0.15, -0.1) is 0 Å².